The van der Waals surface area contributed by atoms with Gasteiger partial charge in [-0.05, 0) is 40.8 Å². The number of nitrogens with two attached hydrogens (primary N) is 1. The average molecular weight is 345 g/mol. The number of nitrogens with zero attached hydrogens (tertiary/aromatic N) is 1. The number of carbonyl (C=O) groups is 1. The molecule has 0 spiro atoms. The van der Waals surface area contributed by atoms with Crippen LogP contribution in [0.4, 0.5) is 11.5 Å². The Hall–Kier alpha value is -1.15. The first-order chi connectivity index (χ1) is 7.65. The third-order valence-electron chi connectivity index (χ3n) is 1.86. The highest BCUT2D eigenvalue weighted by Gasteiger charge is 2.08. The predicted molar refractivity (Wildman–Crippen MR) is 73.6 cm³/mol. The summed E-state index contributed by atoms with van der Waals surface area (Å²) in [6.45, 7) is 0. The first-order valence-electron chi connectivity index (χ1n) is 4.42. The predicted octanol–water partition coefficient (Wildman–Crippen LogP) is 2.58. The Kier molecular flexibility index (Phi) is 3.39. The molecule has 0 saturated heterocycles. The molecule has 2 aromatic rings. The number of aromatic nitrogens is 1. The standard InChI is InChI=1S/C10H8IN3OS/c11-8-3-6(5-16-8)10(15)14-9-2-1-7(12)4-13-9/h1-5H,12H2,(H,13,14,15). The molecule has 3 N–H and O–H groups in total. The molecule has 4 nitrogen and oxygen atoms in total. The van der Waals surface area contributed by atoms with Gasteiger partial charge in [-0.1, -0.05) is 0 Å². The van der Waals surface area contributed by atoms with Gasteiger partial charge in [0.25, 0.3) is 5.91 Å². The fourth-order valence-corrected chi connectivity index (χ4v) is 2.42. The van der Waals surface area contributed by atoms with Crippen molar-refractivity contribution < 1.29 is 4.79 Å². The molecular formula is C10H8IN3OS. The third-order valence-corrected chi connectivity index (χ3v) is 3.65. The van der Waals surface area contributed by atoms with Crippen LogP contribution in [-0.2, 0) is 0 Å². The van der Waals surface area contributed by atoms with E-state index in [-0.39, 0.29) is 5.91 Å². The Bertz CT molecular complexity index is 509. The zero-order valence-corrected chi connectivity index (χ0v) is 11.1. The summed E-state index contributed by atoms with van der Waals surface area (Å²) in [6, 6.07) is 5.20. The normalized spacial score (nSPS) is 10.1. The van der Waals surface area contributed by atoms with Crippen LogP contribution in [0.15, 0.2) is 29.8 Å². The second-order valence-corrected chi connectivity index (χ2v) is 5.88. The zero-order valence-electron chi connectivity index (χ0n) is 8.11. The van der Waals surface area contributed by atoms with Gasteiger partial charge in [-0.15, -0.1) is 11.3 Å². The van der Waals surface area contributed by atoms with Gasteiger partial charge in [0.1, 0.15) is 5.82 Å². The lowest BCUT2D eigenvalue weighted by Gasteiger charge is -2.02. The van der Waals surface area contributed by atoms with E-state index >= 15 is 0 Å². The molecule has 2 heterocycles. The Morgan fingerprint density at radius 3 is 2.88 bits per heavy atom. The van der Waals surface area contributed by atoms with Crippen molar-refractivity contribution in [1.29, 1.82) is 0 Å². The first kappa shape index (κ1) is 11.3. The van der Waals surface area contributed by atoms with Crippen molar-refractivity contribution in [3.63, 3.8) is 0 Å². The maximum atomic E-state index is 11.7. The topological polar surface area (TPSA) is 68.0 Å². The van der Waals surface area contributed by atoms with Gasteiger partial charge < -0.3 is 11.1 Å². The van der Waals surface area contributed by atoms with Crippen molar-refractivity contribution in [2.45, 2.75) is 0 Å². The lowest BCUT2D eigenvalue weighted by atomic mass is 10.3. The van der Waals surface area contributed by atoms with Gasteiger partial charge in [-0.2, -0.15) is 0 Å². The molecule has 0 atom stereocenters. The van der Waals surface area contributed by atoms with Crippen LogP contribution in [0, 0.1) is 2.88 Å². The van der Waals surface area contributed by atoms with Gasteiger partial charge in [0.15, 0.2) is 0 Å². The SMILES string of the molecule is Nc1ccc(NC(=O)c2csc(I)c2)nc1. The van der Waals surface area contributed by atoms with Crippen LogP contribution in [0.3, 0.4) is 0 Å². The minimum Gasteiger partial charge on any atom is -0.397 e. The molecule has 2 rings (SSSR count). The maximum absolute atomic E-state index is 11.7. The van der Waals surface area contributed by atoms with Crippen molar-refractivity contribution in [2.24, 2.45) is 0 Å². The van der Waals surface area contributed by atoms with Gasteiger partial charge in [-0.3, -0.25) is 4.79 Å². The van der Waals surface area contributed by atoms with E-state index < -0.39 is 0 Å². The van der Waals surface area contributed by atoms with Crippen molar-refractivity contribution in [3.8, 4) is 0 Å². The zero-order chi connectivity index (χ0) is 11.5. The number of halogens is 1. The molecule has 0 aliphatic carbocycles. The van der Waals surface area contributed by atoms with E-state index in [2.05, 4.69) is 32.9 Å². The van der Waals surface area contributed by atoms with Crippen LogP contribution in [0.25, 0.3) is 0 Å². The van der Waals surface area contributed by atoms with Crippen molar-refractivity contribution in [1.82, 2.24) is 4.98 Å². The minimum atomic E-state index is -0.156. The smallest absolute Gasteiger partial charge is 0.257 e. The van der Waals surface area contributed by atoms with E-state index in [1.807, 2.05) is 11.4 Å². The average Bonchev–Trinajstić information content (AvgIpc) is 2.68. The molecule has 0 aliphatic rings. The molecular weight excluding hydrogens is 337 g/mol. The van der Waals surface area contributed by atoms with E-state index in [1.165, 1.54) is 17.5 Å². The Morgan fingerprint density at radius 2 is 2.31 bits per heavy atom. The highest BCUT2D eigenvalue weighted by molar-refractivity contribution is 14.1. The number of rotatable bonds is 2. The third kappa shape index (κ3) is 2.70. The van der Waals surface area contributed by atoms with E-state index in [0.717, 1.165) is 2.88 Å². The molecule has 0 aliphatic heterocycles. The number of amides is 1. The largest absolute Gasteiger partial charge is 0.397 e. The number of carbonyl (C=O) groups excluding carboxylic acids is 1. The Labute approximate surface area is 110 Å². The number of nitrogen functional groups attached to an aromatic ring is 1. The Morgan fingerprint density at radius 1 is 1.50 bits per heavy atom. The van der Waals surface area contributed by atoms with Crippen LogP contribution < -0.4 is 11.1 Å². The lowest BCUT2D eigenvalue weighted by molar-refractivity contribution is 0.102. The summed E-state index contributed by atoms with van der Waals surface area (Å²) in [4.78, 5) is 15.7. The Balaban J connectivity index is 2.10. The molecule has 0 radical (unpaired) electrons. The van der Waals surface area contributed by atoms with Crippen molar-refractivity contribution >= 4 is 51.3 Å². The highest BCUT2D eigenvalue weighted by Crippen LogP contribution is 2.17. The van der Waals surface area contributed by atoms with E-state index in [9.17, 15) is 4.79 Å². The number of hydrogen-bond donors (Lipinski definition) is 2. The quantitative estimate of drug-likeness (QED) is 0.822. The van der Waals surface area contributed by atoms with Crippen LogP contribution in [0.5, 0.6) is 0 Å². The van der Waals surface area contributed by atoms with Crippen LogP contribution in [0.1, 0.15) is 10.4 Å². The monoisotopic (exact) mass is 345 g/mol. The summed E-state index contributed by atoms with van der Waals surface area (Å²) in [6.07, 6.45) is 1.51. The molecule has 6 heteroatoms. The molecule has 0 aromatic carbocycles. The second-order valence-electron chi connectivity index (χ2n) is 3.07. The van der Waals surface area contributed by atoms with Gasteiger partial charge in [0.05, 0.1) is 20.3 Å². The van der Waals surface area contributed by atoms with Gasteiger partial charge in [-0.25, -0.2) is 4.98 Å². The van der Waals surface area contributed by atoms with Gasteiger partial charge in [0, 0.05) is 5.38 Å². The second kappa shape index (κ2) is 4.79. The molecule has 0 fully saturated rings. The molecule has 1 amide bonds. The van der Waals surface area contributed by atoms with E-state index in [1.54, 1.807) is 12.1 Å². The molecule has 16 heavy (non-hydrogen) atoms. The number of anilines is 2. The highest BCUT2D eigenvalue weighted by atomic mass is 127. The lowest BCUT2D eigenvalue weighted by Crippen LogP contribution is -2.11. The van der Waals surface area contributed by atoms with Crippen molar-refractivity contribution in [2.75, 3.05) is 11.1 Å². The molecule has 82 valence electrons. The summed E-state index contributed by atoms with van der Waals surface area (Å²) < 4.78 is 1.08. The number of thiophene rings is 1. The summed E-state index contributed by atoms with van der Waals surface area (Å²) >= 11 is 3.71. The molecule has 2 aromatic heterocycles. The van der Waals surface area contributed by atoms with E-state index in [0.29, 0.717) is 17.1 Å². The first-order valence-corrected chi connectivity index (χ1v) is 6.38. The summed E-state index contributed by atoms with van der Waals surface area (Å²) in [5, 5.41) is 4.51. The van der Waals surface area contributed by atoms with Crippen molar-refractivity contribution in [3.05, 3.63) is 38.2 Å². The van der Waals surface area contributed by atoms with Crippen LogP contribution in [-0.4, -0.2) is 10.9 Å². The van der Waals surface area contributed by atoms with Gasteiger partial charge >= 0.3 is 0 Å². The summed E-state index contributed by atoms with van der Waals surface area (Å²) in [5.74, 6) is 0.344. The van der Waals surface area contributed by atoms with Crippen LogP contribution in [0.2, 0.25) is 0 Å². The number of nitrogens with one attached hydrogen (secondary N) is 1. The number of pyridine rings is 1. The molecule has 0 unspecified atom stereocenters. The number of hydrogen-bond acceptors (Lipinski definition) is 4. The minimum absolute atomic E-state index is 0.156. The maximum Gasteiger partial charge on any atom is 0.257 e. The molecule has 0 saturated carbocycles. The fraction of sp³-hybridized carbons (Fsp3) is 0. The van der Waals surface area contributed by atoms with E-state index in [4.69, 9.17) is 5.73 Å². The summed E-state index contributed by atoms with van der Waals surface area (Å²) in [7, 11) is 0. The fourth-order valence-electron chi connectivity index (χ4n) is 1.10. The van der Waals surface area contributed by atoms with Gasteiger partial charge in [0.2, 0.25) is 0 Å². The van der Waals surface area contributed by atoms with Crippen LogP contribution >= 0.6 is 33.9 Å². The summed E-state index contributed by atoms with van der Waals surface area (Å²) in [5.41, 5.74) is 6.72. The molecule has 0 bridgehead atoms.